The molecule has 1 N–H and O–H groups in total. The van der Waals surface area contributed by atoms with Crippen molar-refractivity contribution in [1.29, 1.82) is 0 Å². The molecule has 9 heteroatoms. The third-order valence-corrected chi connectivity index (χ3v) is 3.61. The fourth-order valence-corrected chi connectivity index (χ4v) is 2.29. The van der Waals surface area contributed by atoms with Crippen molar-refractivity contribution >= 4 is 23.2 Å². The van der Waals surface area contributed by atoms with Crippen LogP contribution >= 0.6 is 0 Å². The second-order valence-corrected chi connectivity index (χ2v) is 5.43. The highest BCUT2D eigenvalue weighted by molar-refractivity contribution is 5.94. The number of nitro benzene ring substituents is 1. The molecule has 0 atom stereocenters. The predicted molar refractivity (Wildman–Crippen MR) is 93.7 cm³/mol. The van der Waals surface area contributed by atoms with Crippen molar-refractivity contribution in [3.63, 3.8) is 0 Å². The Hall–Kier alpha value is -2.68. The zero-order valence-electron chi connectivity index (χ0n) is 14.9. The molecule has 0 aliphatic heterocycles. The van der Waals surface area contributed by atoms with Crippen LogP contribution in [-0.2, 0) is 9.59 Å². The van der Waals surface area contributed by atoms with E-state index in [1.807, 2.05) is 13.8 Å². The van der Waals surface area contributed by atoms with Gasteiger partial charge in [-0.1, -0.05) is 0 Å². The number of rotatable bonds is 9. The number of carbonyl (C=O) groups is 2. The molecular weight excluding hydrogens is 328 g/mol. The molecule has 0 radical (unpaired) electrons. The number of nitro groups is 1. The van der Waals surface area contributed by atoms with Crippen LogP contribution in [0.4, 0.5) is 11.4 Å². The summed E-state index contributed by atoms with van der Waals surface area (Å²) in [6.07, 6.45) is 0. The molecular formula is C16H24N4O5. The Morgan fingerprint density at radius 3 is 2.40 bits per heavy atom. The van der Waals surface area contributed by atoms with E-state index in [2.05, 4.69) is 5.32 Å². The lowest BCUT2D eigenvalue weighted by Crippen LogP contribution is -2.41. The summed E-state index contributed by atoms with van der Waals surface area (Å²) in [7, 11) is 3.04. The van der Waals surface area contributed by atoms with Crippen molar-refractivity contribution in [3.05, 3.63) is 28.3 Å². The topological polar surface area (TPSA) is 105 Å². The first-order chi connectivity index (χ1) is 11.8. The van der Waals surface area contributed by atoms with Gasteiger partial charge in [0.15, 0.2) is 0 Å². The third kappa shape index (κ3) is 6.03. The summed E-state index contributed by atoms with van der Waals surface area (Å²) in [5.74, 6) is -0.189. The van der Waals surface area contributed by atoms with Gasteiger partial charge in [-0.15, -0.1) is 0 Å². The second-order valence-electron chi connectivity index (χ2n) is 5.43. The number of hydrogen-bond acceptors (Lipinski definition) is 6. The van der Waals surface area contributed by atoms with E-state index in [0.29, 0.717) is 18.8 Å². The van der Waals surface area contributed by atoms with Gasteiger partial charge in [-0.3, -0.25) is 24.6 Å². The molecule has 0 saturated carbocycles. The van der Waals surface area contributed by atoms with Crippen LogP contribution < -0.4 is 10.1 Å². The van der Waals surface area contributed by atoms with Crippen molar-refractivity contribution in [1.82, 2.24) is 9.80 Å². The Balaban J connectivity index is 2.70. The first-order valence-corrected chi connectivity index (χ1v) is 7.90. The SMILES string of the molecule is CCN(CC)C(=O)CN(C)CC(=O)Nc1ccc(OC)cc1[N+](=O)[O-]. The van der Waals surface area contributed by atoms with Crippen molar-refractivity contribution in [2.75, 3.05) is 45.7 Å². The largest absolute Gasteiger partial charge is 0.496 e. The lowest BCUT2D eigenvalue weighted by atomic mass is 10.2. The number of hydrogen-bond donors (Lipinski definition) is 1. The summed E-state index contributed by atoms with van der Waals surface area (Å²) in [6, 6.07) is 4.18. The maximum Gasteiger partial charge on any atom is 0.296 e. The zero-order chi connectivity index (χ0) is 19.0. The van der Waals surface area contributed by atoms with Crippen LogP contribution in [0.1, 0.15) is 13.8 Å². The lowest BCUT2D eigenvalue weighted by molar-refractivity contribution is -0.384. The minimum atomic E-state index is -0.592. The van der Waals surface area contributed by atoms with Gasteiger partial charge >= 0.3 is 0 Å². The Morgan fingerprint density at radius 2 is 1.88 bits per heavy atom. The average molecular weight is 352 g/mol. The van der Waals surface area contributed by atoms with Gasteiger partial charge in [0, 0.05) is 13.1 Å². The Labute approximate surface area is 146 Å². The molecule has 0 bridgehead atoms. The highest BCUT2D eigenvalue weighted by atomic mass is 16.6. The van der Waals surface area contributed by atoms with E-state index in [-0.39, 0.29) is 30.4 Å². The third-order valence-electron chi connectivity index (χ3n) is 3.61. The summed E-state index contributed by atoms with van der Waals surface area (Å²) in [5.41, 5.74) is -0.172. The molecule has 1 aromatic rings. The summed E-state index contributed by atoms with van der Waals surface area (Å²) < 4.78 is 4.95. The monoisotopic (exact) mass is 352 g/mol. The van der Waals surface area contributed by atoms with Crippen LogP contribution in [0.2, 0.25) is 0 Å². The first-order valence-electron chi connectivity index (χ1n) is 7.90. The van der Waals surface area contributed by atoms with E-state index in [4.69, 9.17) is 4.74 Å². The van der Waals surface area contributed by atoms with Crippen LogP contribution in [0.5, 0.6) is 5.75 Å². The number of nitrogens with zero attached hydrogens (tertiary/aromatic N) is 3. The fourth-order valence-electron chi connectivity index (χ4n) is 2.29. The molecule has 2 amide bonds. The molecule has 1 aromatic carbocycles. The van der Waals surface area contributed by atoms with E-state index in [9.17, 15) is 19.7 Å². The predicted octanol–water partition coefficient (Wildman–Crippen LogP) is 1.34. The molecule has 0 saturated heterocycles. The van der Waals surface area contributed by atoms with Gasteiger partial charge in [0.25, 0.3) is 5.69 Å². The van der Waals surface area contributed by atoms with E-state index in [1.54, 1.807) is 16.8 Å². The van der Waals surface area contributed by atoms with Crippen molar-refractivity contribution in [2.24, 2.45) is 0 Å². The van der Waals surface area contributed by atoms with Crippen LogP contribution in [-0.4, -0.2) is 66.9 Å². The van der Waals surface area contributed by atoms with Crippen molar-refractivity contribution < 1.29 is 19.2 Å². The Bertz CT molecular complexity index is 631. The number of benzene rings is 1. The Morgan fingerprint density at radius 1 is 1.24 bits per heavy atom. The van der Waals surface area contributed by atoms with Gasteiger partial charge in [0.1, 0.15) is 11.4 Å². The lowest BCUT2D eigenvalue weighted by Gasteiger charge is -2.22. The molecule has 25 heavy (non-hydrogen) atoms. The van der Waals surface area contributed by atoms with E-state index in [1.165, 1.54) is 25.3 Å². The number of likely N-dealkylation sites (N-methyl/N-ethyl adjacent to an activating group) is 2. The number of anilines is 1. The van der Waals surface area contributed by atoms with Gasteiger partial charge in [0.2, 0.25) is 11.8 Å². The summed E-state index contributed by atoms with van der Waals surface area (Å²) in [5, 5.41) is 13.6. The second kappa shape index (κ2) is 9.58. The average Bonchev–Trinajstić information content (AvgIpc) is 2.55. The molecule has 0 spiro atoms. The van der Waals surface area contributed by atoms with Gasteiger partial charge in [-0.05, 0) is 33.0 Å². The van der Waals surface area contributed by atoms with Crippen LogP contribution in [0.3, 0.4) is 0 Å². The maximum atomic E-state index is 12.1. The van der Waals surface area contributed by atoms with Gasteiger partial charge < -0.3 is 15.0 Å². The van der Waals surface area contributed by atoms with E-state index in [0.717, 1.165) is 0 Å². The molecule has 0 aromatic heterocycles. The molecule has 138 valence electrons. The molecule has 0 fully saturated rings. The molecule has 1 rings (SSSR count). The van der Waals surface area contributed by atoms with Crippen molar-refractivity contribution in [2.45, 2.75) is 13.8 Å². The van der Waals surface area contributed by atoms with Crippen LogP contribution in [0.15, 0.2) is 18.2 Å². The highest BCUT2D eigenvalue weighted by Crippen LogP contribution is 2.28. The molecule has 0 unspecified atom stereocenters. The zero-order valence-corrected chi connectivity index (χ0v) is 14.9. The van der Waals surface area contributed by atoms with Crippen molar-refractivity contribution in [3.8, 4) is 5.75 Å². The number of ether oxygens (including phenoxy) is 1. The van der Waals surface area contributed by atoms with Crippen LogP contribution in [0, 0.1) is 10.1 Å². The van der Waals surface area contributed by atoms with E-state index < -0.39 is 10.8 Å². The standard InChI is InChI=1S/C16H24N4O5/c1-5-19(6-2)16(22)11-18(3)10-15(21)17-13-8-7-12(25-4)9-14(13)20(23)24/h7-9H,5-6,10-11H2,1-4H3,(H,17,21). The molecule has 0 heterocycles. The minimum Gasteiger partial charge on any atom is -0.496 e. The minimum absolute atomic E-state index is 0.0593. The summed E-state index contributed by atoms with van der Waals surface area (Å²) in [6.45, 7) is 5.02. The normalized spacial score (nSPS) is 10.4. The number of carbonyl (C=O) groups excluding carboxylic acids is 2. The molecule has 0 aliphatic rings. The summed E-state index contributed by atoms with van der Waals surface area (Å²) in [4.78, 5) is 37.9. The Kier molecular flexibility index (Phi) is 7.80. The first kappa shape index (κ1) is 20.4. The highest BCUT2D eigenvalue weighted by Gasteiger charge is 2.19. The van der Waals surface area contributed by atoms with Gasteiger partial charge in [0.05, 0.1) is 31.2 Å². The molecule has 9 nitrogen and oxygen atoms in total. The molecule has 0 aliphatic carbocycles. The maximum absolute atomic E-state index is 12.1. The fraction of sp³-hybridized carbons (Fsp3) is 0.500. The number of nitrogens with one attached hydrogen (secondary N) is 1. The smallest absolute Gasteiger partial charge is 0.296 e. The van der Waals surface area contributed by atoms with E-state index >= 15 is 0 Å². The van der Waals surface area contributed by atoms with Gasteiger partial charge in [-0.25, -0.2) is 0 Å². The quantitative estimate of drug-likeness (QED) is 0.531. The van der Waals surface area contributed by atoms with Gasteiger partial charge in [-0.2, -0.15) is 0 Å². The summed E-state index contributed by atoms with van der Waals surface area (Å²) >= 11 is 0. The number of amides is 2. The number of methoxy groups -OCH3 is 1. The van der Waals surface area contributed by atoms with Crippen LogP contribution in [0.25, 0.3) is 0 Å².